The van der Waals surface area contributed by atoms with Gasteiger partial charge in [-0.15, -0.1) is 0 Å². The van der Waals surface area contributed by atoms with Crippen LogP contribution in [-0.2, 0) is 17.4 Å². The van der Waals surface area contributed by atoms with Crippen LogP contribution in [0.3, 0.4) is 0 Å². The van der Waals surface area contributed by atoms with Gasteiger partial charge in [0.05, 0.1) is 6.61 Å². The molecular formula is C32H38F2N2OSi. The van der Waals surface area contributed by atoms with Crippen molar-refractivity contribution in [2.45, 2.75) is 64.3 Å². The van der Waals surface area contributed by atoms with E-state index in [0.29, 0.717) is 6.54 Å². The highest BCUT2D eigenvalue weighted by Crippen LogP contribution is 2.38. The monoisotopic (exact) mass is 532 g/mol. The molecule has 0 bridgehead atoms. The number of benzene rings is 3. The number of nitrogens with zero attached hydrogens (tertiary/aromatic N) is 1. The molecule has 200 valence electrons. The Morgan fingerprint density at radius 2 is 1.55 bits per heavy atom. The summed E-state index contributed by atoms with van der Waals surface area (Å²) >= 11 is 0. The summed E-state index contributed by atoms with van der Waals surface area (Å²) in [5.41, 5.74) is 1.57. The number of nitrogens with one attached hydrogen (secondary N) is 1. The van der Waals surface area contributed by atoms with E-state index < -0.39 is 14.0 Å². The first-order valence-corrected chi connectivity index (χ1v) is 15.4. The molecule has 2 unspecified atom stereocenters. The molecule has 0 radical (unpaired) electrons. The second kappa shape index (κ2) is 10.1. The van der Waals surface area contributed by atoms with Crippen molar-refractivity contribution in [1.29, 1.82) is 0 Å². The molecule has 1 aliphatic heterocycles. The van der Waals surface area contributed by atoms with Crippen molar-refractivity contribution in [2.24, 2.45) is 0 Å². The lowest BCUT2D eigenvalue weighted by Crippen LogP contribution is -2.67. The number of aromatic nitrogens is 1. The lowest BCUT2D eigenvalue weighted by atomic mass is 9.96. The van der Waals surface area contributed by atoms with Gasteiger partial charge in [-0.05, 0) is 59.4 Å². The van der Waals surface area contributed by atoms with E-state index in [1.807, 2.05) is 36.4 Å². The highest BCUT2D eigenvalue weighted by molar-refractivity contribution is 6.99. The van der Waals surface area contributed by atoms with Crippen molar-refractivity contribution in [3.63, 3.8) is 0 Å². The molecular weight excluding hydrogens is 494 g/mol. The molecule has 0 saturated heterocycles. The van der Waals surface area contributed by atoms with Gasteiger partial charge in [-0.3, -0.25) is 4.90 Å². The summed E-state index contributed by atoms with van der Waals surface area (Å²) in [4.78, 5) is 5.63. The molecule has 38 heavy (non-hydrogen) atoms. The maximum absolute atomic E-state index is 16.4. The molecule has 1 aromatic heterocycles. The van der Waals surface area contributed by atoms with E-state index in [2.05, 4.69) is 61.8 Å². The van der Waals surface area contributed by atoms with Crippen molar-refractivity contribution < 1.29 is 13.2 Å². The van der Waals surface area contributed by atoms with Crippen molar-refractivity contribution in [2.75, 3.05) is 13.2 Å². The standard InChI is InChI=1S/C32H38F2N2OSi/c1-23-18-27-28-19-24(33)16-17-29(28)35-30(27)20-36(23)21-32(5,34)22-37-38(31(2,3)4,25-12-8-6-9-13-25)26-14-10-7-11-15-26/h6-17,19,23,35H,18,20-22H2,1-5H3. The number of rotatable bonds is 7. The predicted octanol–water partition coefficient (Wildman–Crippen LogP) is 6.36. The fourth-order valence-electron chi connectivity index (χ4n) is 6.13. The largest absolute Gasteiger partial charge is 0.404 e. The lowest BCUT2D eigenvalue weighted by molar-refractivity contribution is 0.0328. The summed E-state index contributed by atoms with van der Waals surface area (Å²) in [5, 5.41) is 3.02. The number of hydrogen-bond acceptors (Lipinski definition) is 2. The minimum atomic E-state index is -2.83. The van der Waals surface area contributed by atoms with Crippen LogP contribution in [-0.4, -0.2) is 43.1 Å². The average molecular weight is 533 g/mol. The highest BCUT2D eigenvalue weighted by Gasteiger charge is 2.51. The van der Waals surface area contributed by atoms with Crippen LogP contribution in [0, 0.1) is 5.82 Å². The van der Waals surface area contributed by atoms with E-state index in [1.165, 1.54) is 6.07 Å². The van der Waals surface area contributed by atoms with Crippen molar-refractivity contribution in [3.8, 4) is 0 Å². The van der Waals surface area contributed by atoms with Crippen molar-refractivity contribution >= 4 is 29.6 Å². The van der Waals surface area contributed by atoms with E-state index in [0.717, 1.165) is 39.0 Å². The van der Waals surface area contributed by atoms with Crippen molar-refractivity contribution in [1.82, 2.24) is 9.88 Å². The number of fused-ring (bicyclic) bond motifs is 3. The van der Waals surface area contributed by atoms with E-state index in [1.54, 1.807) is 19.1 Å². The molecule has 2 heterocycles. The van der Waals surface area contributed by atoms with Gasteiger partial charge in [0.2, 0.25) is 0 Å². The van der Waals surface area contributed by atoms with Gasteiger partial charge in [0.15, 0.2) is 0 Å². The molecule has 0 spiro atoms. The average Bonchev–Trinajstić information content (AvgIpc) is 3.21. The van der Waals surface area contributed by atoms with Gasteiger partial charge >= 0.3 is 0 Å². The third-order valence-electron chi connectivity index (χ3n) is 7.98. The van der Waals surface area contributed by atoms with E-state index in [9.17, 15) is 4.39 Å². The summed E-state index contributed by atoms with van der Waals surface area (Å²) in [5.74, 6) is -0.230. The first-order chi connectivity index (χ1) is 18.0. The molecule has 5 rings (SSSR count). The zero-order chi connectivity index (χ0) is 27.1. The lowest BCUT2D eigenvalue weighted by Gasteiger charge is -2.45. The van der Waals surface area contributed by atoms with Crippen LogP contribution < -0.4 is 10.4 Å². The minimum Gasteiger partial charge on any atom is -0.404 e. The fourth-order valence-corrected chi connectivity index (χ4v) is 10.8. The molecule has 6 heteroatoms. The summed E-state index contributed by atoms with van der Waals surface area (Å²) in [6.45, 7) is 11.3. The molecule has 0 fully saturated rings. The Kier molecular flexibility index (Phi) is 7.09. The molecule has 0 amide bonds. The molecule has 3 aromatic carbocycles. The maximum Gasteiger partial charge on any atom is 0.261 e. The van der Waals surface area contributed by atoms with E-state index >= 15 is 4.39 Å². The van der Waals surface area contributed by atoms with Gasteiger partial charge in [0.1, 0.15) is 11.5 Å². The minimum absolute atomic E-state index is 0.00821. The van der Waals surface area contributed by atoms with Crippen LogP contribution in [0.2, 0.25) is 5.04 Å². The van der Waals surface area contributed by atoms with Crippen LogP contribution in [0.1, 0.15) is 45.9 Å². The summed E-state index contributed by atoms with van der Waals surface area (Å²) in [7, 11) is -2.83. The Bertz CT molecular complexity index is 1360. The summed E-state index contributed by atoms with van der Waals surface area (Å²) in [6.07, 6.45) is 0.754. The van der Waals surface area contributed by atoms with Crippen LogP contribution in [0.5, 0.6) is 0 Å². The molecule has 0 saturated carbocycles. The molecule has 4 aromatic rings. The number of halogens is 2. The zero-order valence-corrected chi connectivity index (χ0v) is 24.0. The molecule has 3 nitrogen and oxygen atoms in total. The fraction of sp³-hybridized carbons (Fsp3) is 0.375. The van der Waals surface area contributed by atoms with Gasteiger partial charge in [0.25, 0.3) is 8.32 Å². The van der Waals surface area contributed by atoms with Crippen LogP contribution in [0.25, 0.3) is 10.9 Å². The van der Waals surface area contributed by atoms with Gasteiger partial charge in [-0.1, -0.05) is 81.4 Å². The van der Waals surface area contributed by atoms with Crippen LogP contribution >= 0.6 is 0 Å². The Morgan fingerprint density at radius 1 is 0.947 bits per heavy atom. The Hall–Kier alpha value is -2.80. The highest BCUT2D eigenvalue weighted by atomic mass is 28.4. The number of aromatic amines is 1. The molecule has 1 N–H and O–H groups in total. The Morgan fingerprint density at radius 3 is 2.13 bits per heavy atom. The van der Waals surface area contributed by atoms with Gasteiger partial charge in [-0.2, -0.15) is 0 Å². The molecule has 1 aliphatic rings. The second-order valence-corrected chi connectivity index (χ2v) is 16.4. The van der Waals surface area contributed by atoms with Crippen LogP contribution in [0.4, 0.5) is 8.78 Å². The predicted molar refractivity (Wildman–Crippen MR) is 155 cm³/mol. The van der Waals surface area contributed by atoms with Crippen LogP contribution in [0.15, 0.2) is 78.9 Å². The quantitative estimate of drug-likeness (QED) is 0.281. The van der Waals surface area contributed by atoms with E-state index in [-0.39, 0.29) is 30.0 Å². The summed E-state index contributed by atoms with van der Waals surface area (Å²) < 4.78 is 37.3. The van der Waals surface area contributed by atoms with Gasteiger partial charge < -0.3 is 9.41 Å². The second-order valence-electron chi connectivity index (χ2n) is 12.1. The Balaban J connectivity index is 1.41. The zero-order valence-electron chi connectivity index (χ0n) is 23.0. The van der Waals surface area contributed by atoms with E-state index in [4.69, 9.17) is 4.43 Å². The number of alkyl halides is 1. The maximum atomic E-state index is 16.4. The first kappa shape index (κ1) is 26.8. The first-order valence-electron chi connectivity index (χ1n) is 13.5. The topological polar surface area (TPSA) is 28.3 Å². The summed E-state index contributed by atoms with van der Waals surface area (Å²) in [6, 6.07) is 25.7. The van der Waals surface area contributed by atoms with Crippen molar-refractivity contribution in [3.05, 3.63) is 95.9 Å². The number of H-pyrrole nitrogens is 1. The van der Waals surface area contributed by atoms with Gasteiger partial charge in [-0.25, -0.2) is 8.78 Å². The SMILES string of the molecule is CC1Cc2c([nH]c3ccc(F)cc23)CN1CC(C)(F)CO[Si](c1ccccc1)(c1ccccc1)C(C)(C)C. The third-order valence-corrected chi connectivity index (χ3v) is 13.0. The normalized spacial score (nSPS) is 18.3. The number of hydrogen-bond donors (Lipinski definition) is 1. The third kappa shape index (κ3) is 4.97. The van der Waals surface area contributed by atoms with Gasteiger partial charge in [0, 0.05) is 35.7 Å². The Labute approximate surface area is 226 Å². The smallest absolute Gasteiger partial charge is 0.261 e. The molecule has 0 aliphatic carbocycles. The molecule has 2 atom stereocenters.